The summed E-state index contributed by atoms with van der Waals surface area (Å²) in [6, 6.07) is 1.57. The first-order valence-electron chi connectivity index (χ1n) is 5.07. The highest BCUT2D eigenvalue weighted by atomic mass is 35.5. The number of hydrogen-bond donors (Lipinski definition) is 1. The number of methoxy groups -OCH3 is 2. The van der Waals surface area contributed by atoms with Crippen molar-refractivity contribution in [2.75, 3.05) is 14.2 Å². The molecule has 0 heterocycles. The maximum atomic E-state index is 11.0. The van der Waals surface area contributed by atoms with Gasteiger partial charge in [0.1, 0.15) is 11.5 Å². The quantitative estimate of drug-likeness (QED) is 0.902. The molecule has 0 aliphatic rings. The topological polar surface area (TPSA) is 55.8 Å². The Hall–Kier alpha value is -1.42. The third-order valence-electron chi connectivity index (χ3n) is 2.69. The van der Waals surface area contributed by atoms with Crippen molar-refractivity contribution in [2.24, 2.45) is 0 Å². The molecule has 1 aromatic carbocycles. The first-order valence-corrected chi connectivity index (χ1v) is 5.45. The van der Waals surface area contributed by atoms with E-state index in [0.717, 1.165) is 0 Å². The molecule has 17 heavy (non-hydrogen) atoms. The predicted molar refractivity (Wildman–Crippen MR) is 65.3 cm³/mol. The van der Waals surface area contributed by atoms with Gasteiger partial charge in [0.05, 0.1) is 25.2 Å². The van der Waals surface area contributed by atoms with E-state index in [4.69, 9.17) is 26.2 Å². The van der Waals surface area contributed by atoms with Crippen LogP contribution in [0.25, 0.3) is 0 Å². The van der Waals surface area contributed by atoms with Crippen molar-refractivity contribution in [2.45, 2.75) is 19.8 Å². The fourth-order valence-electron chi connectivity index (χ4n) is 1.74. The maximum absolute atomic E-state index is 11.0. The Labute approximate surface area is 105 Å². The molecule has 0 amide bonds. The molecule has 1 N–H and O–H groups in total. The highest BCUT2D eigenvalue weighted by Crippen LogP contribution is 2.40. The minimum atomic E-state index is -0.927. The smallest absolute Gasteiger partial charge is 0.310 e. The van der Waals surface area contributed by atoms with Crippen LogP contribution in [0, 0.1) is 6.92 Å². The summed E-state index contributed by atoms with van der Waals surface area (Å²) in [4.78, 5) is 11.0. The van der Waals surface area contributed by atoms with Crippen molar-refractivity contribution in [3.63, 3.8) is 0 Å². The lowest BCUT2D eigenvalue weighted by Crippen LogP contribution is -2.10. The molecule has 0 saturated carbocycles. The van der Waals surface area contributed by atoms with Gasteiger partial charge in [-0.15, -0.1) is 0 Å². The second-order valence-electron chi connectivity index (χ2n) is 3.70. The molecule has 1 unspecified atom stereocenters. The zero-order valence-corrected chi connectivity index (χ0v) is 11.0. The van der Waals surface area contributed by atoms with Gasteiger partial charge in [0.25, 0.3) is 0 Å². The van der Waals surface area contributed by atoms with E-state index in [2.05, 4.69) is 0 Å². The summed E-state index contributed by atoms with van der Waals surface area (Å²) < 4.78 is 10.4. The molecule has 4 nitrogen and oxygen atoms in total. The minimum Gasteiger partial charge on any atom is -0.496 e. The van der Waals surface area contributed by atoms with Gasteiger partial charge < -0.3 is 14.6 Å². The van der Waals surface area contributed by atoms with Crippen molar-refractivity contribution in [3.8, 4) is 11.5 Å². The molecule has 1 aromatic rings. The van der Waals surface area contributed by atoms with E-state index in [0.29, 0.717) is 27.6 Å². The van der Waals surface area contributed by atoms with Crippen molar-refractivity contribution >= 4 is 17.6 Å². The van der Waals surface area contributed by atoms with E-state index in [1.54, 1.807) is 19.9 Å². The molecule has 94 valence electrons. The van der Waals surface area contributed by atoms with Gasteiger partial charge in [-0.3, -0.25) is 4.79 Å². The second kappa shape index (κ2) is 5.27. The molecule has 0 aliphatic heterocycles. The summed E-state index contributed by atoms with van der Waals surface area (Å²) in [6.45, 7) is 3.37. The Balaban J connectivity index is 3.46. The van der Waals surface area contributed by atoms with Crippen LogP contribution in [0.4, 0.5) is 0 Å². The summed E-state index contributed by atoms with van der Waals surface area (Å²) in [5.74, 6) is -0.609. The lowest BCUT2D eigenvalue weighted by Gasteiger charge is -2.18. The Kier molecular flexibility index (Phi) is 4.23. The Morgan fingerprint density at radius 3 is 2.29 bits per heavy atom. The summed E-state index contributed by atoms with van der Waals surface area (Å²) in [7, 11) is 3.00. The molecule has 0 spiro atoms. The molecule has 0 aromatic heterocycles. The standard InChI is InChI=1S/C12H15ClO4/c1-6(12(14)15)8-5-9(13)11(17-4)7(2)10(8)16-3/h5-6H,1-4H3,(H,14,15). The van der Waals surface area contributed by atoms with E-state index in [1.165, 1.54) is 14.2 Å². The average Bonchev–Trinajstić information content (AvgIpc) is 2.27. The number of carbonyl (C=O) groups is 1. The molecular formula is C12H15ClO4. The number of benzene rings is 1. The Bertz CT molecular complexity index is 443. The summed E-state index contributed by atoms with van der Waals surface area (Å²) in [5.41, 5.74) is 1.24. The number of hydrogen-bond acceptors (Lipinski definition) is 3. The predicted octanol–water partition coefficient (Wildman–Crippen LogP) is 2.85. The summed E-state index contributed by atoms with van der Waals surface area (Å²) in [6.07, 6.45) is 0. The zero-order valence-electron chi connectivity index (χ0n) is 10.2. The van der Waals surface area contributed by atoms with Crippen LogP contribution >= 0.6 is 11.6 Å². The zero-order chi connectivity index (χ0) is 13.2. The molecule has 0 saturated heterocycles. The number of carboxylic acids is 1. The molecule has 1 rings (SSSR count). The average molecular weight is 259 g/mol. The minimum absolute atomic E-state index is 0.383. The van der Waals surface area contributed by atoms with E-state index < -0.39 is 11.9 Å². The van der Waals surface area contributed by atoms with Crippen LogP contribution in [0.2, 0.25) is 5.02 Å². The van der Waals surface area contributed by atoms with Crippen molar-refractivity contribution in [1.29, 1.82) is 0 Å². The van der Waals surface area contributed by atoms with Crippen LogP contribution in [0.5, 0.6) is 11.5 Å². The third-order valence-corrected chi connectivity index (χ3v) is 2.97. The first kappa shape index (κ1) is 13.6. The molecule has 5 heteroatoms. The fraction of sp³-hybridized carbons (Fsp3) is 0.417. The van der Waals surface area contributed by atoms with E-state index in [9.17, 15) is 4.79 Å². The highest BCUT2D eigenvalue weighted by molar-refractivity contribution is 6.32. The van der Waals surface area contributed by atoms with Crippen molar-refractivity contribution in [3.05, 3.63) is 22.2 Å². The third kappa shape index (κ3) is 2.47. The lowest BCUT2D eigenvalue weighted by molar-refractivity contribution is -0.138. The van der Waals surface area contributed by atoms with Gasteiger partial charge in [0.15, 0.2) is 0 Å². The van der Waals surface area contributed by atoms with Crippen LogP contribution < -0.4 is 9.47 Å². The maximum Gasteiger partial charge on any atom is 0.310 e. The lowest BCUT2D eigenvalue weighted by atomic mass is 9.97. The van der Waals surface area contributed by atoms with Crippen LogP contribution in [-0.4, -0.2) is 25.3 Å². The van der Waals surface area contributed by atoms with Gasteiger partial charge in [-0.1, -0.05) is 11.6 Å². The van der Waals surface area contributed by atoms with Crippen LogP contribution in [-0.2, 0) is 4.79 Å². The van der Waals surface area contributed by atoms with Crippen LogP contribution in [0.1, 0.15) is 24.0 Å². The SMILES string of the molecule is COc1c(Cl)cc(C(C)C(=O)O)c(OC)c1C. The van der Waals surface area contributed by atoms with Crippen molar-refractivity contribution in [1.82, 2.24) is 0 Å². The van der Waals surface area contributed by atoms with Crippen LogP contribution in [0.15, 0.2) is 6.07 Å². The molecular weight excluding hydrogens is 244 g/mol. The van der Waals surface area contributed by atoms with Crippen molar-refractivity contribution < 1.29 is 19.4 Å². The number of ether oxygens (including phenoxy) is 2. The fourth-order valence-corrected chi connectivity index (χ4v) is 2.08. The molecule has 0 radical (unpaired) electrons. The Morgan fingerprint density at radius 2 is 1.88 bits per heavy atom. The van der Waals surface area contributed by atoms with Gasteiger partial charge >= 0.3 is 5.97 Å². The van der Waals surface area contributed by atoms with Crippen LogP contribution in [0.3, 0.4) is 0 Å². The molecule has 1 atom stereocenters. The number of carboxylic acid groups (broad SMARTS) is 1. The number of aliphatic carboxylic acids is 1. The second-order valence-corrected chi connectivity index (χ2v) is 4.11. The van der Waals surface area contributed by atoms with E-state index in [-0.39, 0.29) is 0 Å². The molecule has 0 aliphatic carbocycles. The van der Waals surface area contributed by atoms with Gasteiger partial charge in [-0.25, -0.2) is 0 Å². The number of halogens is 1. The Morgan fingerprint density at radius 1 is 1.35 bits per heavy atom. The first-order chi connectivity index (χ1) is 7.93. The molecule has 0 bridgehead atoms. The highest BCUT2D eigenvalue weighted by Gasteiger charge is 2.23. The summed E-state index contributed by atoms with van der Waals surface area (Å²) >= 11 is 6.04. The van der Waals surface area contributed by atoms with Gasteiger partial charge in [0.2, 0.25) is 0 Å². The van der Waals surface area contributed by atoms with Gasteiger partial charge in [0, 0.05) is 11.1 Å². The monoisotopic (exact) mass is 258 g/mol. The molecule has 0 fully saturated rings. The normalized spacial score (nSPS) is 12.1. The largest absolute Gasteiger partial charge is 0.496 e. The summed E-state index contributed by atoms with van der Waals surface area (Å²) in [5, 5.41) is 9.42. The van der Waals surface area contributed by atoms with Gasteiger partial charge in [-0.05, 0) is 19.9 Å². The van der Waals surface area contributed by atoms with Gasteiger partial charge in [-0.2, -0.15) is 0 Å². The van der Waals surface area contributed by atoms with E-state index in [1.807, 2.05) is 0 Å². The van der Waals surface area contributed by atoms with E-state index >= 15 is 0 Å². The number of rotatable bonds is 4.